The molecular weight excluding hydrogens is 237 g/mol. The summed E-state index contributed by atoms with van der Waals surface area (Å²) in [6.07, 6.45) is 0.427. The van der Waals surface area contributed by atoms with Crippen LogP contribution in [0, 0.1) is 5.41 Å². The van der Waals surface area contributed by atoms with E-state index in [1.165, 1.54) is 0 Å². The second-order valence-electron chi connectivity index (χ2n) is 6.88. The maximum atomic E-state index is 11.8. The molecule has 0 aliphatic carbocycles. The van der Waals surface area contributed by atoms with E-state index in [1.807, 2.05) is 20.8 Å². The zero-order chi connectivity index (χ0) is 13.5. The third-order valence-electron chi connectivity index (χ3n) is 2.56. The molecule has 0 radical (unpaired) electrons. The third kappa shape index (κ3) is 4.71. The molecule has 1 amide bonds. The first-order valence-electron chi connectivity index (χ1n) is 5.92. The van der Waals surface area contributed by atoms with Gasteiger partial charge in [0.2, 0.25) is 0 Å². The van der Waals surface area contributed by atoms with Crippen LogP contribution in [0.5, 0.6) is 0 Å². The molecule has 0 bridgehead atoms. The number of nitrogens with zero attached hydrogens (tertiary/aromatic N) is 1. The van der Waals surface area contributed by atoms with Gasteiger partial charge < -0.3 is 14.2 Å². The van der Waals surface area contributed by atoms with Crippen molar-refractivity contribution in [3.8, 4) is 0 Å². The summed E-state index contributed by atoms with van der Waals surface area (Å²) < 4.78 is 17.1. The van der Waals surface area contributed by atoms with Crippen LogP contribution >= 0.6 is 7.14 Å². The number of hydrogen-bond donors (Lipinski definition) is 0. The molecule has 0 aromatic rings. The molecular formula is C12H24NO3P. The average Bonchev–Trinajstić information content (AvgIpc) is 1.92. The van der Waals surface area contributed by atoms with E-state index in [2.05, 4.69) is 6.92 Å². The van der Waals surface area contributed by atoms with E-state index in [1.54, 1.807) is 18.2 Å². The zero-order valence-corrected chi connectivity index (χ0v) is 12.6. The quantitative estimate of drug-likeness (QED) is 0.718. The van der Waals surface area contributed by atoms with Crippen LogP contribution in [-0.4, -0.2) is 49.2 Å². The van der Waals surface area contributed by atoms with Crippen LogP contribution in [-0.2, 0) is 9.30 Å². The van der Waals surface area contributed by atoms with Crippen LogP contribution < -0.4 is 0 Å². The normalized spacial score (nSPS) is 19.8. The number of rotatable bonds is 2. The van der Waals surface area contributed by atoms with Gasteiger partial charge in [0.15, 0.2) is 0 Å². The molecule has 1 aliphatic rings. The summed E-state index contributed by atoms with van der Waals surface area (Å²) in [4.78, 5) is 13.4. The molecule has 1 fully saturated rings. The Hall–Kier alpha value is -0.500. The van der Waals surface area contributed by atoms with E-state index in [4.69, 9.17) is 4.74 Å². The van der Waals surface area contributed by atoms with Crippen molar-refractivity contribution in [2.75, 3.05) is 32.6 Å². The third-order valence-corrected chi connectivity index (χ3v) is 4.08. The van der Waals surface area contributed by atoms with E-state index in [0.717, 1.165) is 0 Å². The molecule has 0 atom stereocenters. The van der Waals surface area contributed by atoms with Crippen molar-refractivity contribution < 1.29 is 14.1 Å². The number of hydrogen-bond acceptors (Lipinski definition) is 3. The number of ether oxygens (including phenoxy) is 1. The zero-order valence-electron chi connectivity index (χ0n) is 11.7. The Bertz CT molecular complexity index is 347. The minimum atomic E-state index is -2.03. The lowest BCUT2D eigenvalue weighted by Gasteiger charge is -2.48. The highest BCUT2D eigenvalue weighted by molar-refractivity contribution is 7.62. The monoisotopic (exact) mass is 261 g/mol. The van der Waals surface area contributed by atoms with Crippen molar-refractivity contribution in [1.82, 2.24) is 4.90 Å². The van der Waals surface area contributed by atoms with Gasteiger partial charge in [-0.05, 0) is 34.1 Å². The predicted octanol–water partition coefficient (Wildman–Crippen LogP) is 2.87. The number of carbonyl (C=O) groups excluding carboxylic acids is 1. The topological polar surface area (TPSA) is 46.6 Å². The summed E-state index contributed by atoms with van der Waals surface area (Å²) in [5, 5.41) is 0. The maximum Gasteiger partial charge on any atom is 0.410 e. The van der Waals surface area contributed by atoms with E-state index in [-0.39, 0.29) is 11.5 Å². The standard InChI is InChI=1S/C12H24NO3P/c1-11(2,3)16-10(14)13-7-12(4,8-13)9-17(5,6)15/h7-9H2,1-6H3. The van der Waals surface area contributed by atoms with E-state index in [0.29, 0.717) is 19.3 Å². The van der Waals surface area contributed by atoms with Gasteiger partial charge in [0, 0.05) is 24.7 Å². The van der Waals surface area contributed by atoms with Gasteiger partial charge >= 0.3 is 6.09 Å². The average molecular weight is 261 g/mol. The van der Waals surface area contributed by atoms with Crippen LogP contribution in [0.15, 0.2) is 0 Å². The first-order valence-corrected chi connectivity index (χ1v) is 8.71. The van der Waals surface area contributed by atoms with Gasteiger partial charge in [-0.25, -0.2) is 4.79 Å². The van der Waals surface area contributed by atoms with Crippen molar-refractivity contribution in [1.29, 1.82) is 0 Å². The molecule has 0 aromatic heterocycles. The van der Waals surface area contributed by atoms with E-state index >= 15 is 0 Å². The van der Waals surface area contributed by atoms with Crippen molar-refractivity contribution in [3.63, 3.8) is 0 Å². The Morgan fingerprint density at radius 1 is 1.35 bits per heavy atom. The minimum Gasteiger partial charge on any atom is -0.444 e. The Morgan fingerprint density at radius 3 is 2.18 bits per heavy atom. The number of amides is 1. The van der Waals surface area contributed by atoms with Crippen LogP contribution in [0.1, 0.15) is 27.7 Å². The van der Waals surface area contributed by atoms with Gasteiger partial charge in [-0.3, -0.25) is 0 Å². The molecule has 1 heterocycles. The van der Waals surface area contributed by atoms with E-state index in [9.17, 15) is 9.36 Å². The van der Waals surface area contributed by atoms with Crippen molar-refractivity contribution in [2.45, 2.75) is 33.3 Å². The lowest BCUT2D eigenvalue weighted by molar-refractivity contribution is -0.0208. The highest BCUT2D eigenvalue weighted by Gasteiger charge is 2.44. The van der Waals surface area contributed by atoms with Gasteiger partial charge in [0.25, 0.3) is 0 Å². The molecule has 1 aliphatic heterocycles. The highest BCUT2D eigenvalue weighted by Crippen LogP contribution is 2.46. The SMILES string of the molecule is CC1(CP(C)(C)=O)CN(C(=O)OC(C)(C)C)C1. The molecule has 1 rings (SSSR count). The van der Waals surface area contributed by atoms with Crippen LogP contribution in [0.4, 0.5) is 4.79 Å². The maximum absolute atomic E-state index is 11.8. The van der Waals surface area contributed by atoms with E-state index < -0.39 is 12.7 Å². The fourth-order valence-electron chi connectivity index (χ4n) is 2.35. The van der Waals surface area contributed by atoms with Gasteiger partial charge in [-0.2, -0.15) is 0 Å². The smallest absolute Gasteiger partial charge is 0.410 e. The van der Waals surface area contributed by atoms with Crippen molar-refractivity contribution in [2.24, 2.45) is 5.41 Å². The lowest BCUT2D eigenvalue weighted by atomic mass is 9.84. The fourth-order valence-corrected chi connectivity index (χ4v) is 4.39. The fraction of sp³-hybridized carbons (Fsp3) is 0.917. The lowest BCUT2D eigenvalue weighted by Crippen LogP contribution is -2.59. The molecule has 0 unspecified atom stereocenters. The Kier molecular flexibility index (Phi) is 3.69. The second kappa shape index (κ2) is 4.31. The number of likely N-dealkylation sites (tertiary alicyclic amines) is 1. The van der Waals surface area contributed by atoms with Crippen molar-refractivity contribution in [3.05, 3.63) is 0 Å². The van der Waals surface area contributed by atoms with Gasteiger partial charge in [-0.15, -0.1) is 0 Å². The summed E-state index contributed by atoms with van der Waals surface area (Å²) in [6.45, 7) is 12.5. The molecule has 17 heavy (non-hydrogen) atoms. The Balaban J connectivity index is 2.46. The highest BCUT2D eigenvalue weighted by atomic mass is 31.2. The molecule has 4 nitrogen and oxygen atoms in total. The summed E-state index contributed by atoms with van der Waals surface area (Å²) in [7, 11) is -2.03. The molecule has 100 valence electrons. The number of carbonyl (C=O) groups is 1. The summed E-state index contributed by atoms with van der Waals surface area (Å²) in [6, 6.07) is 0. The molecule has 0 spiro atoms. The predicted molar refractivity (Wildman–Crippen MR) is 70.2 cm³/mol. The summed E-state index contributed by atoms with van der Waals surface area (Å²) in [5.74, 6) is 0. The molecule has 5 heteroatoms. The first-order chi connectivity index (χ1) is 7.40. The molecule has 0 saturated carbocycles. The van der Waals surface area contributed by atoms with Gasteiger partial charge in [0.05, 0.1) is 7.14 Å². The van der Waals surface area contributed by atoms with Crippen molar-refractivity contribution >= 4 is 13.2 Å². The van der Waals surface area contributed by atoms with Crippen LogP contribution in [0.2, 0.25) is 0 Å². The molecule has 1 saturated heterocycles. The Labute approximate surface area is 104 Å². The minimum absolute atomic E-state index is 0.00404. The van der Waals surface area contributed by atoms with Crippen LogP contribution in [0.3, 0.4) is 0 Å². The molecule has 0 aromatic carbocycles. The van der Waals surface area contributed by atoms with Gasteiger partial charge in [-0.1, -0.05) is 6.92 Å². The largest absolute Gasteiger partial charge is 0.444 e. The summed E-state index contributed by atoms with van der Waals surface area (Å²) >= 11 is 0. The second-order valence-corrected chi connectivity index (χ2v) is 10.3. The summed E-state index contributed by atoms with van der Waals surface area (Å²) in [5.41, 5.74) is -0.455. The van der Waals surface area contributed by atoms with Gasteiger partial charge in [0.1, 0.15) is 5.60 Å². The first kappa shape index (κ1) is 14.6. The molecule has 0 N–H and O–H groups in total. The van der Waals surface area contributed by atoms with Crippen LogP contribution in [0.25, 0.3) is 0 Å². The Morgan fingerprint density at radius 2 is 1.82 bits per heavy atom.